The summed E-state index contributed by atoms with van der Waals surface area (Å²) < 4.78 is 57.5. The number of aliphatic hydroxyl groups excluding tert-OH is 2. The molecule has 1 aromatic heterocycles. The minimum atomic E-state index is -5.26. The number of anilines is 1. The minimum absolute atomic E-state index is 0.00886. The summed E-state index contributed by atoms with van der Waals surface area (Å²) in [5, 5.41) is 20.3. The summed E-state index contributed by atoms with van der Waals surface area (Å²) >= 11 is 0. The summed E-state index contributed by atoms with van der Waals surface area (Å²) in [5.41, 5.74) is 4.50. The van der Waals surface area contributed by atoms with Gasteiger partial charge >= 0.3 is 29.2 Å². The number of aliphatic hydroxyl groups is 2. The lowest BCUT2D eigenvalue weighted by Crippen LogP contribution is -2.36. The molecule has 0 aromatic carbocycles. The fraction of sp³-hybridized carbons (Fsp3) is 0.455. The van der Waals surface area contributed by atoms with E-state index in [0.29, 0.717) is 0 Å². The minimum Gasteiger partial charge on any atom is -0.387 e. The molecule has 0 saturated carbocycles. The van der Waals surface area contributed by atoms with Crippen molar-refractivity contribution < 1.29 is 55.9 Å². The fourth-order valence-corrected chi connectivity index (χ4v) is 7.45. The zero-order valence-electron chi connectivity index (χ0n) is 14.4. The van der Waals surface area contributed by atoms with Crippen molar-refractivity contribution in [2.75, 3.05) is 12.3 Å². The Morgan fingerprint density at radius 1 is 1.20 bits per heavy atom. The van der Waals surface area contributed by atoms with Crippen molar-refractivity contribution >= 4 is 29.3 Å². The van der Waals surface area contributed by atoms with Crippen molar-refractivity contribution in [2.45, 2.75) is 24.5 Å². The standard InChI is InChI=1S/C11H14N3O13P3/c1-2-5-3-14(11(17)13-9(5)12)10-8(16)7(15)6(24-10)4-23-30(22)26-28(18,19)25-29(20,21)27-30/h1,3,6-8,10,15-16H,4H2,(H,18,19)(H,20,21)(H2,12,13,17)/t6-,7+,8?,10-/m1/s1. The maximum Gasteiger partial charge on any atom is 0.492 e. The van der Waals surface area contributed by atoms with Crippen LogP contribution in [0.25, 0.3) is 0 Å². The normalized spacial score (nSPS) is 41.4. The molecule has 1 aromatic rings. The largest absolute Gasteiger partial charge is 0.492 e. The van der Waals surface area contributed by atoms with E-state index in [4.69, 9.17) is 16.9 Å². The maximum atomic E-state index is 12.2. The SMILES string of the molecule is C#Cc1cn([C@@H]2O[C@H](COP3(=O)OP(=O)(O)OP(=O)(O)O3)[C@H](O)C2O)c(=O)nc1N. The average molecular weight is 489 g/mol. The van der Waals surface area contributed by atoms with Crippen LogP contribution < -0.4 is 11.4 Å². The number of ether oxygens (including phenoxy) is 1. The first-order valence-corrected chi connectivity index (χ1v) is 12.1. The predicted molar refractivity (Wildman–Crippen MR) is 93.2 cm³/mol. The van der Waals surface area contributed by atoms with Gasteiger partial charge in [0.25, 0.3) is 0 Å². The Balaban J connectivity index is 1.78. The van der Waals surface area contributed by atoms with Gasteiger partial charge in [0, 0.05) is 6.20 Å². The fourth-order valence-electron chi connectivity index (χ4n) is 2.51. The van der Waals surface area contributed by atoms with Crippen molar-refractivity contribution in [3.63, 3.8) is 0 Å². The first-order chi connectivity index (χ1) is 13.8. The molecule has 3 unspecified atom stereocenters. The molecule has 0 bridgehead atoms. The van der Waals surface area contributed by atoms with Crippen LogP contribution in [0, 0.1) is 12.3 Å². The Morgan fingerprint density at radius 2 is 1.80 bits per heavy atom. The van der Waals surface area contributed by atoms with Crippen LogP contribution in [0.5, 0.6) is 0 Å². The molecule has 16 nitrogen and oxygen atoms in total. The molecule has 6 N–H and O–H groups in total. The van der Waals surface area contributed by atoms with E-state index in [-0.39, 0.29) is 11.4 Å². The van der Waals surface area contributed by atoms with Crippen LogP contribution in [0.4, 0.5) is 5.82 Å². The zero-order valence-corrected chi connectivity index (χ0v) is 17.1. The smallest absolute Gasteiger partial charge is 0.387 e. The molecule has 6 atom stereocenters. The predicted octanol–water partition coefficient (Wildman–Crippen LogP) is -1.19. The Morgan fingerprint density at radius 3 is 2.37 bits per heavy atom. The molecular weight excluding hydrogens is 475 g/mol. The van der Waals surface area contributed by atoms with Crippen molar-refractivity contribution in [1.29, 1.82) is 0 Å². The molecule has 2 fully saturated rings. The summed E-state index contributed by atoms with van der Waals surface area (Å²) in [4.78, 5) is 33.9. The molecule has 166 valence electrons. The van der Waals surface area contributed by atoms with E-state index >= 15 is 0 Å². The summed E-state index contributed by atoms with van der Waals surface area (Å²) in [6, 6.07) is 0. The van der Waals surface area contributed by atoms with Crippen LogP contribution in [0.2, 0.25) is 0 Å². The third-order valence-electron chi connectivity index (χ3n) is 3.76. The van der Waals surface area contributed by atoms with Gasteiger partial charge < -0.3 is 30.5 Å². The van der Waals surface area contributed by atoms with Gasteiger partial charge in [-0.15, -0.1) is 6.42 Å². The molecule has 2 saturated heterocycles. The van der Waals surface area contributed by atoms with E-state index < -0.39 is 60.3 Å². The van der Waals surface area contributed by atoms with Gasteiger partial charge in [-0.05, 0) is 0 Å². The van der Waals surface area contributed by atoms with Gasteiger partial charge in [0.05, 0.1) is 12.2 Å². The number of terminal acetylenes is 1. The van der Waals surface area contributed by atoms with Crippen molar-refractivity contribution in [3.8, 4) is 12.3 Å². The Hall–Kier alpha value is -1.43. The molecule has 30 heavy (non-hydrogen) atoms. The van der Waals surface area contributed by atoms with E-state index in [1.54, 1.807) is 0 Å². The lowest BCUT2D eigenvalue weighted by molar-refractivity contribution is -0.0544. The van der Waals surface area contributed by atoms with Crippen molar-refractivity contribution in [1.82, 2.24) is 9.55 Å². The molecule has 0 radical (unpaired) electrons. The van der Waals surface area contributed by atoms with E-state index in [9.17, 15) is 38.5 Å². The number of nitrogens with two attached hydrogens (primary N) is 1. The van der Waals surface area contributed by atoms with E-state index in [0.717, 1.165) is 10.8 Å². The number of aromatic nitrogens is 2. The van der Waals surface area contributed by atoms with Crippen molar-refractivity contribution in [3.05, 3.63) is 22.2 Å². The van der Waals surface area contributed by atoms with Gasteiger partial charge in [-0.2, -0.15) is 17.9 Å². The summed E-state index contributed by atoms with van der Waals surface area (Å²) in [6.07, 6.45) is -0.254. The molecule has 2 aliphatic rings. The van der Waals surface area contributed by atoms with Gasteiger partial charge in [0.1, 0.15) is 24.1 Å². The Bertz CT molecular complexity index is 1070. The highest BCUT2D eigenvalue weighted by Gasteiger charge is 2.55. The first-order valence-electron chi connectivity index (χ1n) is 7.67. The second-order valence-corrected chi connectivity index (χ2v) is 10.8. The second kappa shape index (κ2) is 7.92. The number of phosphoric acid groups is 3. The highest BCUT2D eigenvalue weighted by molar-refractivity contribution is 7.74. The highest BCUT2D eigenvalue weighted by atomic mass is 31.3. The van der Waals surface area contributed by atoms with E-state index in [1.807, 2.05) is 0 Å². The molecular formula is C11H14N3O13P3. The Labute approximate surface area is 167 Å². The molecule has 0 amide bonds. The van der Waals surface area contributed by atoms with Crippen LogP contribution in [0.1, 0.15) is 11.8 Å². The van der Waals surface area contributed by atoms with Crippen LogP contribution in [-0.2, 0) is 35.9 Å². The molecule has 3 rings (SSSR count). The first kappa shape index (κ1) is 23.2. The van der Waals surface area contributed by atoms with E-state index in [2.05, 4.69) is 28.4 Å². The number of nitrogens with zero attached hydrogens (tertiary/aromatic N) is 2. The molecule has 0 spiro atoms. The maximum absolute atomic E-state index is 12.2. The van der Waals surface area contributed by atoms with Gasteiger partial charge in [-0.1, -0.05) is 5.92 Å². The monoisotopic (exact) mass is 489 g/mol. The Kier molecular flexibility index (Phi) is 6.14. The molecule has 0 aliphatic carbocycles. The second-order valence-electron chi connectivity index (χ2n) is 5.85. The number of rotatable bonds is 4. The molecule has 2 aliphatic heterocycles. The number of hydrogen-bond acceptors (Lipinski definition) is 13. The summed E-state index contributed by atoms with van der Waals surface area (Å²) in [6.45, 7) is -0.939. The van der Waals surface area contributed by atoms with Crippen molar-refractivity contribution in [2.24, 2.45) is 0 Å². The van der Waals surface area contributed by atoms with Gasteiger partial charge in [-0.25, -0.2) is 18.5 Å². The summed E-state index contributed by atoms with van der Waals surface area (Å²) in [5.74, 6) is 1.91. The number of hydrogen-bond donors (Lipinski definition) is 5. The third-order valence-corrected chi connectivity index (χ3v) is 9.12. The lowest BCUT2D eigenvalue weighted by Gasteiger charge is -2.27. The topological polar surface area (TPSA) is 239 Å². The lowest BCUT2D eigenvalue weighted by atomic mass is 10.1. The molecule has 3 heterocycles. The highest BCUT2D eigenvalue weighted by Crippen LogP contribution is 2.80. The number of nitrogen functional groups attached to an aromatic ring is 1. The average Bonchev–Trinajstić information content (AvgIpc) is 2.85. The van der Waals surface area contributed by atoms with E-state index in [1.165, 1.54) is 0 Å². The zero-order chi connectivity index (χ0) is 22.5. The third kappa shape index (κ3) is 4.74. The molecule has 19 heteroatoms. The van der Waals surface area contributed by atoms with Gasteiger partial charge in [-0.3, -0.25) is 9.09 Å². The van der Waals surface area contributed by atoms with Crippen LogP contribution in [0.3, 0.4) is 0 Å². The van der Waals surface area contributed by atoms with Crippen LogP contribution >= 0.6 is 23.5 Å². The quantitative estimate of drug-likeness (QED) is 0.247. The van der Waals surface area contributed by atoms with Gasteiger partial charge in [0.15, 0.2) is 6.23 Å². The van der Waals surface area contributed by atoms with Crippen LogP contribution in [0.15, 0.2) is 11.0 Å². The summed E-state index contributed by atoms with van der Waals surface area (Å²) in [7, 11) is -15.6. The van der Waals surface area contributed by atoms with Gasteiger partial charge in [0.2, 0.25) is 0 Å². The van der Waals surface area contributed by atoms with Crippen LogP contribution in [-0.4, -0.2) is 54.5 Å².